The van der Waals surface area contributed by atoms with Crippen LogP contribution in [0.4, 0.5) is 0 Å². The first-order valence-corrected chi connectivity index (χ1v) is 18.4. The third-order valence-electron chi connectivity index (χ3n) is 10.7. The van der Waals surface area contributed by atoms with Gasteiger partial charge < -0.3 is 8.98 Å². The molecule has 10 aromatic rings. The van der Waals surface area contributed by atoms with Crippen LogP contribution in [-0.4, -0.2) is 4.57 Å². The van der Waals surface area contributed by atoms with Crippen molar-refractivity contribution in [1.29, 1.82) is 0 Å². The molecule has 0 fully saturated rings. The lowest BCUT2D eigenvalue weighted by atomic mass is 9.94. The molecule has 3 heteroatoms. The second-order valence-electron chi connectivity index (χ2n) is 13.6. The van der Waals surface area contributed by atoms with Crippen molar-refractivity contribution in [3.05, 3.63) is 168 Å². The number of hydrogen-bond donors (Lipinski definition) is 0. The second-order valence-corrected chi connectivity index (χ2v) is 14.8. The molecule has 0 saturated carbocycles. The van der Waals surface area contributed by atoms with Gasteiger partial charge in [-0.25, -0.2) is 0 Å². The van der Waals surface area contributed by atoms with E-state index in [0.29, 0.717) is 0 Å². The fraction of sp³-hybridized carbons (Fsp3) is 0.0417. The summed E-state index contributed by atoms with van der Waals surface area (Å²) < 4.78 is 9.94. The summed E-state index contributed by atoms with van der Waals surface area (Å²) in [4.78, 5) is 1.49. The molecule has 3 aromatic heterocycles. The van der Waals surface area contributed by atoms with Gasteiger partial charge >= 0.3 is 0 Å². The molecule has 0 spiro atoms. The van der Waals surface area contributed by atoms with E-state index in [9.17, 15) is 0 Å². The smallest absolute Gasteiger partial charge is 0.135 e. The predicted molar refractivity (Wildman–Crippen MR) is 217 cm³/mol. The zero-order chi connectivity index (χ0) is 33.5. The number of nitrogens with zero attached hydrogens (tertiary/aromatic N) is 1. The maximum Gasteiger partial charge on any atom is 0.135 e. The Kier molecular flexibility index (Phi) is 6.28. The van der Waals surface area contributed by atoms with Gasteiger partial charge in [-0.1, -0.05) is 103 Å². The quantitative estimate of drug-likeness (QED) is 0.182. The van der Waals surface area contributed by atoms with Gasteiger partial charge in [-0.2, -0.15) is 0 Å². The van der Waals surface area contributed by atoms with Crippen molar-refractivity contribution in [1.82, 2.24) is 4.57 Å². The Labute approximate surface area is 299 Å². The first-order valence-electron chi connectivity index (χ1n) is 17.6. The molecular formula is C48H31NOS. The van der Waals surface area contributed by atoms with E-state index in [2.05, 4.69) is 156 Å². The van der Waals surface area contributed by atoms with E-state index in [1.54, 1.807) is 0 Å². The zero-order valence-corrected chi connectivity index (χ0v) is 28.6. The van der Waals surface area contributed by atoms with E-state index in [4.69, 9.17) is 4.42 Å². The van der Waals surface area contributed by atoms with Crippen LogP contribution in [0.25, 0.3) is 99.0 Å². The Morgan fingerprint density at radius 2 is 0.980 bits per heavy atom. The lowest BCUT2D eigenvalue weighted by Crippen LogP contribution is -2.03. The molecule has 7 aromatic carbocycles. The Bertz CT molecular complexity index is 2990. The topological polar surface area (TPSA) is 18.1 Å². The number of furan rings is 1. The molecule has 240 valence electrons. The van der Waals surface area contributed by atoms with Gasteiger partial charge in [-0.3, -0.25) is 0 Å². The summed E-state index contributed by atoms with van der Waals surface area (Å²) in [7, 11) is 0. The van der Waals surface area contributed by atoms with E-state index < -0.39 is 0 Å². The van der Waals surface area contributed by atoms with Gasteiger partial charge in [-0.05, 0) is 112 Å². The highest BCUT2D eigenvalue weighted by atomic mass is 32.1. The van der Waals surface area contributed by atoms with E-state index >= 15 is 0 Å². The number of hydrogen-bond acceptors (Lipinski definition) is 2. The normalized spacial score (nSPS) is 13.1. The SMILES string of the molecule is C1=C(n2c3ccccc3c3ccccc32)CCc2sc3ccc(-c4cccc(-c5cccc(-c6ccc7oc8ccccc8c7c6)c5)c4)cc3c21. The van der Waals surface area contributed by atoms with Crippen LogP contribution in [0.2, 0.25) is 0 Å². The van der Waals surface area contributed by atoms with Crippen LogP contribution in [-0.2, 0) is 6.42 Å². The molecule has 0 atom stereocenters. The molecule has 1 aliphatic carbocycles. The summed E-state index contributed by atoms with van der Waals surface area (Å²) in [5, 5.41) is 6.28. The number of rotatable bonds is 4. The summed E-state index contributed by atoms with van der Waals surface area (Å²) in [6.45, 7) is 0. The molecule has 3 heterocycles. The summed E-state index contributed by atoms with van der Waals surface area (Å²) >= 11 is 1.95. The lowest BCUT2D eigenvalue weighted by molar-refractivity contribution is 0.669. The number of para-hydroxylation sites is 3. The Hall–Kier alpha value is -6.16. The van der Waals surface area contributed by atoms with Gasteiger partial charge in [0.05, 0.1) is 11.0 Å². The van der Waals surface area contributed by atoms with E-state index in [1.165, 1.54) is 81.4 Å². The van der Waals surface area contributed by atoms with Crippen LogP contribution in [0.15, 0.2) is 162 Å². The molecule has 11 rings (SSSR count). The summed E-state index contributed by atoms with van der Waals surface area (Å²) in [5.41, 5.74) is 14.4. The van der Waals surface area contributed by atoms with Gasteiger partial charge in [0.2, 0.25) is 0 Å². The number of thiophene rings is 1. The fourth-order valence-corrected chi connectivity index (χ4v) is 9.41. The number of benzene rings is 7. The zero-order valence-electron chi connectivity index (χ0n) is 27.8. The van der Waals surface area contributed by atoms with Gasteiger partial charge in [0.25, 0.3) is 0 Å². The minimum absolute atomic E-state index is 0.922. The largest absolute Gasteiger partial charge is 0.456 e. The van der Waals surface area contributed by atoms with E-state index in [-0.39, 0.29) is 0 Å². The minimum atomic E-state index is 0.922. The van der Waals surface area contributed by atoms with Gasteiger partial charge in [-0.15, -0.1) is 11.3 Å². The van der Waals surface area contributed by atoms with E-state index in [1.807, 2.05) is 23.5 Å². The average Bonchev–Trinajstić information content (AvgIpc) is 3.86. The van der Waals surface area contributed by atoms with Crippen molar-refractivity contribution in [3.8, 4) is 33.4 Å². The summed E-state index contributed by atoms with van der Waals surface area (Å²) in [6, 6.07) is 57.3. The molecule has 0 unspecified atom stereocenters. The second kappa shape index (κ2) is 11.2. The first-order chi connectivity index (χ1) is 25.2. The van der Waals surface area contributed by atoms with Crippen molar-refractivity contribution >= 4 is 76.9 Å². The molecule has 0 N–H and O–H groups in total. The Morgan fingerprint density at radius 3 is 1.67 bits per heavy atom. The third-order valence-corrected chi connectivity index (χ3v) is 11.9. The van der Waals surface area contributed by atoms with Crippen LogP contribution in [0.1, 0.15) is 16.9 Å². The highest BCUT2D eigenvalue weighted by Gasteiger charge is 2.21. The van der Waals surface area contributed by atoms with Crippen molar-refractivity contribution in [2.75, 3.05) is 0 Å². The highest BCUT2D eigenvalue weighted by Crippen LogP contribution is 2.43. The standard InChI is InChI=1S/C48H31NOS/c1-4-16-43-37(13-1)38-14-2-5-17-44(38)49(43)36-21-24-48-42(29-36)41-28-35(20-23-47(41)51-48)33-12-8-10-31(26-33)30-9-7-11-32(25-30)34-19-22-46-40(27-34)39-15-3-6-18-45(39)50-46/h1-20,22-23,25-29H,21,24H2. The van der Waals surface area contributed by atoms with Gasteiger partial charge in [0.1, 0.15) is 11.2 Å². The van der Waals surface area contributed by atoms with Crippen molar-refractivity contribution in [2.45, 2.75) is 12.8 Å². The monoisotopic (exact) mass is 669 g/mol. The molecule has 0 aliphatic heterocycles. The minimum Gasteiger partial charge on any atom is -0.456 e. The predicted octanol–water partition coefficient (Wildman–Crippen LogP) is 13.9. The highest BCUT2D eigenvalue weighted by molar-refractivity contribution is 7.19. The molecule has 2 nitrogen and oxygen atoms in total. The van der Waals surface area contributed by atoms with Crippen molar-refractivity contribution < 1.29 is 4.42 Å². The maximum absolute atomic E-state index is 6.09. The third kappa shape index (κ3) is 4.55. The van der Waals surface area contributed by atoms with E-state index in [0.717, 1.165) is 34.8 Å². The van der Waals surface area contributed by atoms with Gasteiger partial charge in [0.15, 0.2) is 0 Å². The Morgan fingerprint density at radius 1 is 0.431 bits per heavy atom. The molecular weight excluding hydrogens is 639 g/mol. The molecule has 1 aliphatic rings. The summed E-state index contributed by atoms with van der Waals surface area (Å²) in [5.74, 6) is 0. The van der Waals surface area contributed by atoms with Crippen molar-refractivity contribution in [3.63, 3.8) is 0 Å². The number of fused-ring (bicyclic) bond motifs is 9. The van der Waals surface area contributed by atoms with Crippen LogP contribution in [0.3, 0.4) is 0 Å². The lowest BCUT2D eigenvalue weighted by Gasteiger charge is -2.17. The van der Waals surface area contributed by atoms with Crippen LogP contribution >= 0.6 is 11.3 Å². The van der Waals surface area contributed by atoms with Crippen molar-refractivity contribution in [2.24, 2.45) is 0 Å². The molecule has 0 amide bonds. The van der Waals surface area contributed by atoms with Crippen LogP contribution < -0.4 is 0 Å². The van der Waals surface area contributed by atoms with Crippen LogP contribution in [0.5, 0.6) is 0 Å². The number of aryl methyl sites for hydroxylation is 1. The average molecular weight is 670 g/mol. The molecule has 0 radical (unpaired) electrons. The van der Waals surface area contributed by atoms with Crippen LogP contribution in [0, 0.1) is 0 Å². The summed E-state index contributed by atoms with van der Waals surface area (Å²) in [6.07, 6.45) is 4.56. The number of aromatic nitrogens is 1. The fourth-order valence-electron chi connectivity index (χ4n) is 8.24. The van der Waals surface area contributed by atoms with Gasteiger partial charge in [0, 0.05) is 42.2 Å². The number of allylic oxidation sites excluding steroid dienone is 1. The molecule has 0 saturated heterocycles. The molecule has 51 heavy (non-hydrogen) atoms. The molecule has 0 bridgehead atoms. The Balaban J connectivity index is 0.973. The first kappa shape index (κ1) is 28.7. The maximum atomic E-state index is 6.09.